The highest BCUT2D eigenvalue weighted by molar-refractivity contribution is 8.00. The summed E-state index contributed by atoms with van der Waals surface area (Å²) in [6.45, 7) is 1.99. The molecule has 0 aliphatic carbocycles. The van der Waals surface area contributed by atoms with E-state index in [1.54, 1.807) is 21.3 Å². The maximum Gasteiger partial charge on any atom is 0.239 e. The number of aromatic nitrogens is 1. The number of carbonyl (C=O) groups excluding carboxylic acids is 1. The van der Waals surface area contributed by atoms with Crippen LogP contribution in [0.15, 0.2) is 77.0 Å². The number of nitrogens with zero attached hydrogens (tertiary/aromatic N) is 1. The minimum Gasteiger partial charge on any atom is -0.495 e. The molecular weight excluding hydrogens is 565 g/mol. The third-order valence-electron chi connectivity index (χ3n) is 5.80. The lowest BCUT2D eigenvalue weighted by Crippen LogP contribution is -2.24. The molecule has 0 fully saturated rings. The summed E-state index contributed by atoms with van der Waals surface area (Å²) >= 11 is 8.36. The summed E-state index contributed by atoms with van der Waals surface area (Å²) in [5, 5.41) is 11.9. The SMILES string of the molecule is CCC(Sc1cccc(NC(=S)Nc2ccccc2OC)c1)C(=O)Nc1nc(-c2ccc(OC)c(OC)c2)cs1. The average Bonchev–Trinajstić information content (AvgIpc) is 3.44. The van der Waals surface area contributed by atoms with E-state index in [9.17, 15) is 4.79 Å². The summed E-state index contributed by atoms with van der Waals surface area (Å²) in [6, 6.07) is 21.0. The van der Waals surface area contributed by atoms with E-state index in [4.69, 9.17) is 26.4 Å². The fourth-order valence-corrected chi connectivity index (χ4v) is 5.78. The molecule has 1 aromatic heterocycles. The van der Waals surface area contributed by atoms with Gasteiger partial charge < -0.3 is 30.2 Å². The van der Waals surface area contributed by atoms with Gasteiger partial charge in [-0.1, -0.05) is 25.1 Å². The first-order chi connectivity index (χ1) is 19.4. The molecule has 208 valence electrons. The van der Waals surface area contributed by atoms with Crippen molar-refractivity contribution in [2.24, 2.45) is 0 Å². The minimum atomic E-state index is -0.303. The summed E-state index contributed by atoms with van der Waals surface area (Å²) in [4.78, 5) is 18.7. The number of rotatable bonds is 11. The van der Waals surface area contributed by atoms with Crippen molar-refractivity contribution in [1.82, 2.24) is 4.98 Å². The Morgan fingerprint density at radius 1 is 0.925 bits per heavy atom. The van der Waals surface area contributed by atoms with Gasteiger partial charge in [0, 0.05) is 21.5 Å². The number of thiocarbonyl (C=S) groups is 1. The lowest BCUT2D eigenvalue weighted by Gasteiger charge is -2.16. The van der Waals surface area contributed by atoms with Crippen molar-refractivity contribution < 1.29 is 19.0 Å². The summed E-state index contributed by atoms with van der Waals surface area (Å²) in [5.74, 6) is 1.86. The normalized spacial score (nSPS) is 11.3. The van der Waals surface area contributed by atoms with Gasteiger partial charge in [-0.3, -0.25) is 4.79 Å². The quantitative estimate of drug-likeness (QED) is 0.124. The highest BCUT2D eigenvalue weighted by Gasteiger charge is 2.20. The Kier molecular flexibility index (Phi) is 10.2. The number of thiazole rings is 1. The molecular formula is C29H30N4O4S3. The number of hydrogen-bond donors (Lipinski definition) is 3. The Morgan fingerprint density at radius 2 is 1.70 bits per heavy atom. The monoisotopic (exact) mass is 594 g/mol. The van der Waals surface area contributed by atoms with Crippen LogP contribution in [-0.4, -0.2) is 42.6 Å². The van der Waals surface area contributed by atoms with Crippen molar-refractivity contribution in [1.29, 1.82) is 0 Å². The van der Waals surface area contributed by atoms with Crippen LogP contribution >= 0.6 is 35.3 Å². The highest BCUT2D eigenvalue weighted by atomic mass is 32.2. The standard InChI is InChI=1S/C29H30N4O4S3/c1-5-26(27(34)33-29-32-22(17-39-29)18-13-14-24(36-3)25(15-18)37-4)40-20-10-8-9-19(16-20)30-28(38)31-21-11-6-7-12-23(21)35-2/h6-17,26H,5H2,1-4H3,(H2,30,31,38)(H,32,33,34). The van der Waals surface area contributed by atoms with Gasteiger partial charge in [0.2, 0.25) is 5.91 Å². The maximum atomic E-state index is 13.1. The molecule has 4 aromatic rings. The smallest absolute Gasteiger partial charge is 0.239 e. The molecule has 3 N–H and O–H groups in total. The molecule has 3 aromatic carbocycles. The van der Waals surface area contributed by atoms with Crippen LogP contribution in [0.25, 0.3) is 11.3 Å². The van der Waals surface area contributed by atoms with E-state index < -0.39 is 0 Å². The van der Waals surface area contributed by atoms with Gasteiger partial charge in [-0.05, 0) is 67.2 Å². The molecule has 0 spiro atoms. The lowest BCUT2D eigenvalue weighted by molar-refractivity contribution is -0.115. The summed E-state index contributed by atoms with van der Waals surface area (Å²) in [7, 11) is 4.80. The molecule has 0 saturated carbocycles. The van der Waals surface area contributed by atoms with E-state index in [2.05, 4.69) is 20.9 Å². The molecule has 11 heteroatoms. The molecule has 1 atom stereocenters. The highest BCUT2D eigenvalue weighted by Crippen LogP contribution is 2.34. The molecule has 1 unspecified atom stereocenters. The van der Waals surface area contributed by atoms with Gasteiger partial charge in [0.15, 0.2) is 21.7 Å². The summed E-state index contributed by atoms with van der Waals surface area (Å²) in [6.07, 6.45) is 0.649. The molecule has 0 aliphatic heterocycles. The second-order valence-corrected chi connectivity index (χ2v) is 11.0. The van der Waals surface area contributed by atoms with Crippen LogP contribution in [0.5, 0.6) is 17.2 Å². The summed E-state index contributed by atoms with van der Waals surface area (Å²) < 4.78 is 16.1. The number of ether oxygens (including phenoxy) is 3. The van der Waals surface area contributed by atoms with Gasteiger partial charge in [0.1, 0.15) is 5.75 Å². The van der Waals surface area contributed by atoms with Crippen molar-refractivity contribution in [2.75, 3.05) is 37.3 Å². The molecule has 0 radical (unpaired) electrons. The lowest BCUT2D eigenvalue weighted by atomic mass is 10.1. The van der Waals surface area contributed by atoms with Crippen LogP contribution in [0.4, 0.5) is 16.5 Å². The first kappa shape index (κ1) is 29.2. The van der Waals surface area contributed by atoms with E-state index in [0.717, 1.165) is 27.5 Å². The Labute approximate surface area is 247 Å². The largest absolute Gasteiger partial charge is 0.495 e. The van der Waals surface area contributed by atoms with Gasteiger partial charge in [-0.15, -0.1) is 23.1 Å². The molecule has 0 saturated heterocycles. The maximum absolute atomic E-state index is 13.1. The van der Waals surface area contributed by atoms with Crippen LogP contribution in [0.3, 0.4) is 0 Å². The third-order valence-corrected chi connectivity index (χ3v) is 8.12. The van der Waals surface area contributed by atoms with Gasteiger partial charge in [0.25, 0.3) is 0 Å². The van der Waals surface area contributed by atoms with Gasteiger partial charge in [-0.25, -0.2) is 4.98 Å². The molecule has 0 aliphatic rings. The Balaban J connectivity index is 1.38. The number of methoxy groups -OCH3 is 3. The number of benzene rings is 3. The van der Waals surface area contributed by atoms with Crippen LogP contribution in [0, 0.1) is 0 Å². The fraction of sp³-hybridized carbons (Fsp3) is 0.207. The van der Waals surface area contributed by atoms with Crippen LogP contribution < -0.4 is 30.2 Å². The van der Waals surface area contributed by atoms with Crippen LogP contribution in [0.1, 0.15) is 13.3 Å². The number of anilines is 3. The number of carbonyl (C=O) groups is 1. The Hall–Kier alpha value is -3.80. The zero-order valence-electron chi connectivity index (χ0n) is 22.5. The number of nitrogens with one attached hydrogen (secondary N) is 3. The zero-order valence-corrected chi connectivity index (χ0v) is 25.0. The Morgan fingerprint density at radius 3 is 2.45 bits per heavy atom. The van der Waals surface area contributed by atoms with E-state index in [-0.39, 0.29) is 11.2 Å². The topological polar surface area (TPSA) is 93.7 Å². The van der Waals surface area contributed by atoms with E-state index >= 15 is 0 Å². The van der Waals surface area contributed by atoms with E-state index in [0.29, 0.717) is 33.9 Å². The summed E-state index contributed by atoms with van der Waals surface area (Å²) in [5.41, 5.74) is 3.20. The first-order valence-corrected chi connectivity index (χ1v) is 14.6. The molecule has 1 amide bonds. The van der Waals surface area contributed by atoms with E-state index in [1.807, 2.05) is 79.0 Å². The second kappa shape index (κ2) is 14.0. The molecule has 1 heterocycles. The van der Waals surface area contributed by atoms with Gasteiger partial charge in [-0.2, -0.15) is 0 Å². The molecule has 8 nitrogen and oxygen atoms in total. The molecule has 4 rings (SSSR count). The fourth-order valence-electron chi connectivity index (χ4n) is 3.81. The third kappa shape index (κ3) is 7.44. The van der Waals surface area contributed by atoms with Crippen molar-refractivity contribution in [3.63, 3.8) is 0 Å². The number of para-hydroxylation sites is 2. The Bertz CT molecular complexity index is 1480. The predicted octanol–water partition coefficient (Wildman–Crippen LogP) is 7.15. The van der Waals surface area contributed by atoms with Crippen molar-refractivity contribution >= 4 is 62.8 Å². The van der Waals surface area contributed by atoms with Crippen molar-refractivity contribution in [2.45, 2.75) is 23.5 Å². The first-order valence-electron chi connectivity index (χ1n) is 12.4. The van der Waals surface area contributed by atoms with Gasteiger partial charge in [0.05, 0.1) is 38.0 Å². The second-order valence-electron chi connectivity index (χ2n) is 8.42. The number of amides is 1. The van der Waals surface area contributed by atoms with Crippen LogP contribution in [-0.2, 0) is 4.79 Å². The number of hydrogen-bond acceptors (Lipinski definition) is 8. The average molecular weight is 595 g/mol. The molecule has 0 bridgehead atoms. The minimum absolute atomic E-state index is 0.104. The predicted molar refractivity (Wildman–Crippen MR) is 168 cm³/mol. The van der Waals surface area contributed by atoms with Crippen molar-refractivity contribution in [3.05, 3.63) is 72.1 Å². The van der Waals surface area contributed by atoms with E-state index in [1.165, 1.54) is 23.1 Å². The molecule has 40 heavy (non-hydrogen) atoms. The van der Waals surface area contributed by atoms with Crippen LogP contribution in [0.2, 0.25) is 0 Å². The van der Waals surface area contributed by atoms with Gasteiger partial charge >= 0.3 is 0 Å². The van der Waals surface area contributed by atoms with Crippen molar-refractivity contribution in [3.8, 4) is 28.5 Å². The zero-order chi connectivity index (χ0) is 28.5. The number of thioether (sulfide) groups is 1.